The van der Waals surface area contributed by atoms with E-state index in [9.17, 15) is 9.18 Å². The molecule has 148 valence electrons. The van der Waals surface area contributed by atoms with Crippen molar-refractivity contribution >= 4 is 23.5 Å². The van der Waals surface area contributed by atoms with Crippen LogP contribution in [0.1, 0.15) is 41.2 Å². The van der Waals surface area contributed by atoms with E-state index in [1.54, 1.807) is 42.5 Å². The van der Waals surface area contributed by atoms with Crippen molar-refractivity contribution in [2.24, 2.45) is 15.2 Å². The van der Waals surface area contributed by atoms with Gasteiger partial charge in [0.05, 0.1) is 6.04 Å². The predicted octanol–water partition coefficient (Wildman–Crippen LogP) is 4.76. The van der Waals surface area contributed by atoms with Gasteiger partial charge in [-0.15, -0.1) is 5.11 Å². The smallest absolute Gasteiger partial charge is 0.257 e. The molecule has 0 radical (unpaired) electrons. The lowest BCUT2D eigenvalue weighted by Crippen LogP contribution is -2.41. The zero-order valence-electron chi connectivity index (χ0n) is 15.5. The van der Waals surface area contributed by atoms with Crippen LogP contribution >= 0.6 is 11.6 Å². The van der Waals surface area contributed by atoms with Crippen LogP contribution in [0.5, 0.6) is 0 Å². The van der Waals surface area contributed by atoms with Gasteiger partial charge in [-0.05, 0) is 67.3 Å². The second-order valence-electron chi connectivity index (χ2n) is 6.91. The molecule has 1 aliphatic heterocycles. The van der Waals surface area contributed by atoms with Crippen LogP contribution in [0, 0.1) is 5.82 Å². The molecule has 2 aliphatic rings. The maximum atomic E-state index is 13.1. The summed E-state index contributed by atoms with van der Waals surface area (Å²) in [5.41, 5.74) is 1.30. The first-order valence-electron chi connectivity index (χ1n) is 9.37. The minimum absolute atomic E-state index is 0.176. The van der Waals surface area contributed by atoms with Crippen molar-refractivity contribution in [1.82, 2.24) is 10.6 Å². The molecule has 6 nitrogen and oxygen atoms in total. The lowest BCUT2D eigenvalue weighted by molar-refractivity contribution is 0.0976. The van der Waals surface area contributed by atoms with E-state index >= 15 is 0 Å². The Morgan fingerprint density at radius 2 is 1.83 bits per heavy atom. The fraction of sp³-hybridized carbons (Fsp3) is 0.238. The summed E-state index contributed by atoms with van der Waals surface area (Å²) in [5.74, 6) is 0.220. The topological polar surface area (TPSA) is 78.2 Å². The quantitative estimate of drug-likeness (QED) is 0.562. The Labute approximate surface area is 172 Å². The van der Waals surface area contributed by atoms with Gasteiger partial charge in [0.25, 0.3) is 5.91 Å². The van der Waals surface area contributed by atoms with E-state index in [0.717, 1.165) is 24.8 Å². The van der Waals surface area contributed by atoms with Crippen molar-refractivity contribution in [1.29, 1.82) is 0 Å². The SMILES string of the molecule is O=C(NC(=NC1CCC1)NC1=CC(c2ccc(F)cc2)N=N1)c1ccc(Cl)cc1. The number of amides is 1. The predicted molar refractivity (Wildman–Crippen MR) is 109 cm³/mol. The molecule has 2 N–H and O–H groups in total. The van der Waals surface area contributed by atoms with Crippen LogP contribution in [0.25, 0.3) is 0 Å². The van der Waals surface area contributed by atoms with E-state index in [-0.39, 0.29) is 23.8 Å². The summed E-state index contributed by atoms with van der Waals surface area (Å²) in [6, 6.07) is 12.6. The second kappa shape index (κ2) is 8.53. The van der Waals surface area contributed by atoms with E-state index in [2.05, 4.69) is 25.9 Å². The third kappa shape index (κ3) is 4.86. The van der Waals surface area contributed by atoms with Gasteiger partial charge >= 0.3 is 0 Å². The number of carbonyl (C=O) groups is 1. The van der Waals surface area contributed by atoms with E-state index in [1.165, 1.54) is 12.1 Å². The number of guanidine groups is 1. The molecule has 1 fully saturated rings. The third-order valence-electron chi connectivity index (χ3n) is 4.79. The summed E-state index contributed by atoms with van der Waals surface area (Å²) in [5, 5.41) is 14.7. The third-order valence-corrected chi connectivity index (χ3v) is 5.04. The van der Waals surface area contributed by atoms with Gasteiger partial charge in [0, 0.05) is 10.6 Å². The largest absolute Gasteiger partial charge is 0.309 e. The summed E-state index contributed by atoms with van der Waals surface area (Å²) in [6.45, 7) is 0. The minimum atomic E-state index is -0.310. The fourth-order valence-corrected chi connectivity index (χ4v) is 3.05. The van der Waals surface area contributed by atoms with E-state index in [4.69, 9.17) is 11.6 Å². The van der Waals surface area contributed by atoms with Gasteiger partial charge in [0.1, 0.15) is 11.9 Å². The average Bonchev–Trinajstić information content (AvgIpc) is 3.14. The number of carbonyl (C=O) groups excluding carboxylic acids is 1. The molecule has 1 unspecified atom stereocenters. The highest BCUT2D eigenvalue weighted by molar-refractivity contribution is 6.30. The van der Waals surface area contributed by atoms with Crippen molar-refractivity contribution in [3.63, 3.8) is 0 Å². The zero-order chi connectivity index (χ0) is 20.2. The Morgan fingerprint density at radius 1 is 1.10 bits per heavy atom. The molecular formula is C21H19ClFN5O. The van der Waals surface area contributed by atoms with Crippen molar-refractivity contribution in [2.45, 2.75) is 31.3 Å². The van der Waals surface area contributed by atoms with Crippen molar-refractivity contribution in [3.8, 4) is 0 Å². The maximum absolute atomic E-state index is 13.1. The van der Waals surface area contributed by atoms with Gasteiger partial charge in [-0.3, -0.25) is 10.1 Å². The van der Waals surface area contributed by atoms with Gasteiger partial charge < -0.3 is 5.32 Å². The highest BCUT2D eigenvalue weighted by Gasteiger charge is 2.21. The van der Waals surface area contributed by atoms with E-state index in [1.807, 2.05) is 0 Å². The van der Waals surface area contributed by atoms with Crippen LogP contribution in [0.15, 0.2) is 75.6 Å². The molecule has 2 aromatic rings. The fourth-order valence-electron chi connectivity index (χ4n) is 2.93. The van der Waals surface area contributed by atoms with Crippen LogP contribution in [-0.4, -0.2) is 17.9 Å². The number of rotatable bonds is 4. The number of aliphatic imine (C=N–C) groups is 1. The van der Waals surface area contributed by atoms with Crippen molar-refractivity contribution in [2.75, 3.05) is 0 Å². The Hall–Kier alpha value is -3.06. The number of benzene rings is 2. The normalized spacial score (nSPS) is 18.9. The molecule has 4 rings (SSSR count). The molecule has 0 saturated heterocycles. The Morgan fingerprint density at radius 3 is 2.48 bits per heavy atom. The molecule has 0 aromatic heterocycles. The Balaban J connectivity index is 1.47. The molecule has 8 heteroatoms. The maximum Gasteiger partial charge on any atom is 0.257 e. The Kier molecular flexibility index (Phi) is 5.67. The lowest BCUT2D eigenvalue weighted by atomic mass is 9.94. The Bertz CT molecular complexity index is 981. The number of halogens is 2. The first-order chi connectivity index (χ1) is 14.1. The lowest BCUT2D eigenvalue weighted by Gasteiger charge is -2.22. The molecule has 1 heterocycles. The van der Waals surface area contributed by atoms with Crippen LogP contribution in [-0.2, 0) is 0 Å². The van der Waals surface area contributed by atoms with E-state index in [0.29, 0.717) is 22.4 Å². The number of azo groups is 1. The summed E-state index contributed by atoms with van der Waals surface area (Å²) in [6.07, 6.45) is 4.90. The van der Waals surface area contributed by atoms with Gasteiger partial charge in [-0.1, -0.05) is 23.7 Å². The van der Waals surface area contributed by atoms with Gasteiger partial charge in [-0.25, -0.2) is 9.38 Å². The van der Waals surface area contributed by atoms with E-state index < -0.39 is 0 Å². The highest BCUT2D eigenvalue weighted by atomic mass is 35.5. The molecule has 0 bridgehead atoms. The first kappa shape index (κ1) is 19.3. The molecule has 0 spiro atoms. The van der Waals surface area contributed by atoms with Crippen LogP contribution in [0.4, 0.5) is 4.39 Å². The minimum Gasteiger partial charge on any atom is -0.309 e. The molecule has 2 aromatic carbocycles. The summed E-state index contributed by atoms with van der Waals surface area (Å²) < 4.78 is 13.1. The molecule has 1 aliphatic carbocycles. The van der Waals surface area contributed by atoms with Gasteiger partial charge in [0.2, 0.25) is 5.96 Å². The summed E-state index contributed by atoms with van der Waals surface area (Å²) in [7, 11) is 0. The van der Waals surface area contributed by atoms with Crippen LogP contribution in [0.2, 0.25) is 5.02 Å². The number of hydrogen-bond acceptors (Lipinski definition) is 4. The van der Waals surface area contributed by atoms with Crippen LogP contribution in [0.3, 0.4) is 0 Å². The standard InChI is InChI=1S/C21H19ClFN5O/c22-15-8-4-14(5-9-15)20(29)26-21(24-17-2-1-3-17)25-19-12-18(27-28-19)13-6-10-16(23)11-7-13/h4-12,17-18H,1-3H2,(H2,24,25,26,29). The molecule has 29 heavy (non-hydrogen) atoms. The monoisotopic (exact) mass is 411 g/mol. The average molecular weight is 412 g/mol. The molecule has 1 amide bonds. The summed E-state index contributed by atoms with van der Waals surface area (Å²) in [4.78, 5) is 17.2. The van der Waals surface area contributed by atoms with Crippen LogP contribution < -0.4 is 10.6 Å². The van der Waals surface area contributed by atoms with Crippen molar-refractivity contribution < 1.29 is 9.18 Å². The van der Waals surface area contributed by atoms with Gasteiger partial charge in [0.15, 0.2) is 5.82 Å². The van der Waals surface area contributed by atoms with Gasteiger partial charge in [-0.2, -0.15) is 5.11 Å². The highest BCUT2D eigenvalue weighted by Crippen LogP contribution is 2.26. The molecular weight excluding hydrogens is 393 g/mol. The molecule has 1 atom stereocenters. The van der Waals surface area contributed by atoms with Crippen molar-refractivity contribution in [3.05, 3.63) is 82.4 Å². The zero-order valence-corrected chi connectivity index (χ0v) is 16.2. The number of nitrogens with zero attached hydrogens (tertiary/aromatic N) is 3. The second-order valence-corrected chi connectivity index (χ2v) is 7.35. The first-order valence-corrected chi connectivity index (χ1v) is 9.74. The number of nitrogens with one attached hydrogen (secondary N) is 2. The molecule has 1 saturated carbocycles. The number of hydrogen-bond donors (Lipinski definition) is 2. The summed E-state index contributed by atoms with van der Waals surface area (Å²) >= 11 is 5.88.